The molecular formula is C18H22N2O3S. The molecule has 4 N–H and O–H groups in total. The van der Waals surface area contributed by atoms with Crippen LogP contribution in [0.4, 0.5) is 0 Å². The molecule has 1 aliphatic carbocycles. The zero-order valence-electron chi connectivity index (χ0n) is 13.4. The topological polar surface area (TPSA) is 103 Å². The number of benzene rings is 2. The van der Waals surface area contributed by atoms with E-state index in [9.17, 15) is 13.2 Å². The minimum Gasteiger partial charge on any atom is -0.369 e. The summed E-state index contributed by atoms with van der Waals surface area (Å²) in [4.78, 5) is 11.6. The maximum atomic E-state index is 13.0. The summed E-state index contributed by atoms with van der Waals surface area (Å²) in [5.41, 5.74) is 11.5. The van der Waals surface area contributed by atoms with Crippen molar-refractivity contribution in [1.82, 2.24) is 0 Å². The number of nitrogens with two attached hydrogens (primary N) is 2. The standard InChI is InChI=1S/C18H22N2O3S/c19-17(21)13-8-10-14(11-9-13)18(20)24(22,23)16-7-3-5-12-4-1-2-6-15(12)16/h1-7,13-14,18H,8-11,20H2,(H2,19,21)/t13-,14-,18?. The van der Waals surface area contributed by atoms with Gasteiger partial charge in [0.1, 0.15) is 5.37 Å². The number of fused-ring (bicyclic) bond motifs is 1. The summed E-state index contributed by atoms with van der Waals surface area (Å²) in [5.74, 6) is -0.614. The summed E-state index contributed by atoms with van der Waals surface area (Å²) in [7, 11) is -3.64. The van der Waals surface area contributed by atoms with E-state index in [1.54, 1.807) is 18.2 Å². The summed E-state index contributed by atoms with van der Waals surface area (Å²) in [6, 6.07) is 12.6. The monoisotopic (exact) mass is 346 g/mol. The van der Waals surface area contributed by atoms with Crippen molar-refractivity contribution in [3.8, 4) is 0 Å². The second-order valence-electron chi connectivity index (χ2n) is 6.50. The first-order chi connectivity index (χ1) is 11.4. The normalized spacial score (nSPS) is 23.0. The van der Waals surface area contributed by atoms with Crippen LogP contribution in [0.2, 0.25) is 0 Å². The van der Waals surface area contributed by atoms with Crippen molar-refractivity contribution in [2.75, 3.05) is 0 Å². The fourth-order valence-electron chi connectivity index (χ4n) is 3.58. The van der Waals surface area contributed by atoms with E-state index in [2.05, 4.69) is 0 Å². The first-order valence-electron chi connectivity index (χ1n) is 8.18. The predicted molar refractivity (Wildman–Crippen MR) is 93.8 cm³/mol. The number of rotatable bonds is 4. The largest absolute Gasteiger partial charge is 0.369 e. The molecule has 0 heterocycles. The summed E-state index contributed by atoms with van der Waals surface area (Å²) < 4.78 is 26.1. The first-order valence-corrected chi connectivity index (χ1v) is 9.72. The van der Waals surface area contributed by atoms with Gasteiger partial charge in [0.15, 0.2) is 9.84 Å². The van der Waals surface area contributed by atoms with Crippen molar-refractivity contribution in [3.05, 3.63) is 42.5 Å². The lowest BCUT2D eigenvalue weighted by molar-refractivity contribution is -0.122. The molecule has 0 bridgehead atoms. The molecule has 1 saturated carbocycles. The van der Waals surface area contributed by atoms with Gasteiger partial charge in [0.2, 0.25) is 5.91 Å². The molecule has 0 saturated heterocycles. The molecule has 3 rings (SSSR count). The molecule has 0 aromatic heterocycles. The second kappa shape index (κ2) is 6.53. The molecule has 1 unspecified atom stereocenters. The Morgan fingerprint density at radius 2 is 1.62 bits per heavy atom. The average molecular weight is 346 g/mol. The van der Waals surface area contributed by atoms with Gasteiger partial charge < -0.3 is 11.5 Å². The summed E-state index contributed by atoms with van der Waals surface area (Å²) in [6.45, 7) is 0. The third-order valence-electron chi connectivity index (χ3n) is 5.05. The number of primary amides is 1. The molecule has 6 heteroatoms. The van der Waals surface area contributed by atoms with Gasteiger partial charge in [0, 0.05) is 11.3 Å². The van der Waals surface area contributed by atoms with E-state index in [-0.39, 0.29) is 22.6 Å². The molecule has 2 aromatic carbocycles. The van der Waals surface area contributed by atoms with Crippen LogP contribution in [0.3, 0.4) is 0 Å². The predicted octanol–water partition coefficient (Wildman–Crippen LogP) is 2.19. The summed E-state index contributed by atoms with van der Waals surface area (Å²) in [5, 5.41) is 0.613. The van der Waals surface area contributed by atoms with Crippen LogP contribution in [0.25, 0.3) is 10.8 Å². The number of carbonyl (C=O) groups excluding carboxylic acids is 1. The van der Waals surface area contributed by atoms with Crippen LogP contribution in [-0.2, 0) is 14.6 Å². The summed E-state index contributed by atoms with van der Waals surface area (Å²) in [6.07, 6.45) is 2.44. The lowest BCUT2D eigenvalue weighted by Crippen LogP contribution is -2.41. The quantitative estimate of drug-likeness (QED) is 0.885. The van der Waals surface area contributed by atoms with Crippen LogP contribution < -0.4 is 11.5 Å². The Kier molecular flexibility index (Phi) is 4.60. The van der Waals surface area contributed by atoms with Gasteiger partial charge in [-0.1, -0.05) is 36.4 Å². The van der Waals surface area contributed by atoms with Gasteiger partial charge in [-0.25, -0.2) is 8.42 Å². The van der Waals surface area contributed by atoms with E-state index in [0.29, 0.717) is 31.1 Å². The Balaban J connectivity index is 1.89. The number of amides is 1. The molecule has 1 amide bonds. The highest BCUT2D eigenvalue weighted by molar-refractivity contribution is 7.92. The van der Waals surface area contributed by atoms with Gasteiger partial charge in [0.05, 0.1) is 4.90 Å². The van der Waals surface area contributed by atoms with Crippen LogP contribution in [0.15, 0.2) is 47.4 Å². The Morgan fingerprint density at radius 1 is 1.00 bits per heavy atom. The zero-order valence-corrected chi connectivity index (χ0v) is 14.2. The van der Waals surface area contributed by atoms with Crippen LogP contribution in [0.1, 0.15) is 25.7 Å². The van der Waals surface area contributed by atoms with Crippen molar-refractivity contribution in [2.45, 2.75) is 36.0 Å². The number of sulfone groups is 1. The molecule has 1 aliphatic rings. The maximum Gasteiger partial charge on any atom is 0.220 e. The molecule has 1 atom stereocenters. The van der Waals surface area contributed by atoms with Crippen molar-refractivity contribution < 1.29 is 13.2 Å². The smallest absolute Gasteiger partial charge is 0.220 e. The van der Waals surface area contributed by atoms with Gasteiger partial charge in [-0.15, -0.1) is 0 Å². The van der Waals surface area contributed by atoms with E-state index in [4.69, 9.17) is 11.5 Å². The third-order valence-corrected chi connectivity index (χ3v) is 7.12. The van der Waals surface area contributed by atoms with Crippen LogP contribution in [0, 0.1) is 11.8 Å². The highest BCUT2D eigenvalue weighted by atomic mass is 32.2. The Morgan fingerprint density at radius 3 is 2.29 bits per heavy atom. The van der Waals surface area contributed by atoms with E-state index in [1.165, 1.54) is 0 Å². The van der Waals surface area contributed by atoms with Crippen molar-refractivity contribution in [2.24, 2.45) is 23.3 Å². The molecule has 0 spiro atoms. The highest BCUT2D eigenvalue weighted by Crippen LogP contribution is 2.34. The van der Waals surface area contributed by atoms with E-state index >= 15 is 0 Å². The lowest BCUT2D eigenvalue weighted by Gasteiger charge is -2.30. The SMILES string of the molecule is NC(=O)[C@H]1CC[C@H](C(N)S(=O)(=O)c2cccc3ccccc23)CC1. The van der Waals surface area contributed by atoms with E-state index in [0.717, 1.165) is 5.39 Å². The van der Waals surface area contributed by atoms with Crippen LogP contribution >= 0.6 is 0 Å². The van der Waals surface area contributed by atoms with Gasteiger partial charge in [-0.3, -0.25) is 4.79 Å². The lowest BCUT2D eigenvalue weighted by atomic mass is 9.81. The second-order valence-corrected chi connectivity index (χ2v) is 8.58. The van der Waals surface area contributed by atoms with Crippen molar-refractivity contribution >= 4 is 26.5 Å². The minimum atomic E-state index is -3.64. The zero-order chi connectivity index (χ0) is 17.3. The van der Waals surface area contributed by atoms with Gasteiger partial charge in [-0.05, 0) is 43.1 Å². The van der Waals surface area contributed by atoms with Crippen LogP contribution in [-0.4, -0.2) is 19.7 Å². The summed E-state index contributed by atoms with van der Waals surface area (Å²) >= 11 is 0. The maximum absolute atomic E-state index is 13.0. The molecule has 2 aromatic rings. The third kappa shape index (κ3) is 3.03. The van der Waals surface area contributed by atoms with Gasteiger partial charge in [0.25, 0.3) is 0 Å². The minimum absolute atomic E-state index is 0.149. The highest BCUT2D eigenvalue weighted by Gasteiger charge is 2.36. The van der Waals surface area contributed by atoms with Crippen molar-refractivity contribution in [3.63, 3.8) is 0 Å². The molecule has 5 nitrogen and oxygen atoms in total. The van der Waals surface area contributed by atoms with Crippen molar-refractivity contribution in [1.29, 1.82) is 0 Å². The molecular weight excluding hydrogens is 324 g/mol. The Bertz CT molecular complexity index is 850. The van der Waals surface area contributed by atoms with E-state index < -0.39 is 15.2 Å². The molecule has 0 aliphatic heterocycles. The average Bonchev–Trinajstić information content (AvgIpc) is 2.60. The first kappa shape index (κ1) is 16.9. The Hall–Kier alpha value is -1.92. The number of carbonyl (C=O) groups is 1. The molecule has 24 heavy (non-hydrogen) atoms. The van der Waals surface area contributed by atoms with Gasteiger partial charge >= 0.3 is 0 Å². The van der Waals surface area contributed by atoms with Crippen LogP contribution in [0.5, 0.6) is 0 Å². The Labute approximate surface area is 141 Å². The fourth-order valence-corrected chi connectivity index (χ4v) is 5.41. The number of hydrogen-bond acceptors (Lipinski definition) is 4. The number of hydrogen-bond donors (Lipinski definition) is 2. The fraction of sp³-hybridized carbons (Fsp3) is 0.389. The molecule has 0 radical (unpaired) electrons. The van der Waals surface area contributed by atoms with E-state index in [1.807, 2.05) is 24.3 Å². The molecule has 128 valence electrons. The molecule has 1 fully saturated rings. The van der Waals surface area contributed by atoms with Gasteiger partial charge in [-0.2, -0.15) is 0 Å².